The molecule has 1 amide bonds. The van der Waals surface area contributed by atoms with Crippen molar-refractivity contribution < 1.29 is 32.6 Å². The van der Waals surface area contributed by atoms with E-state index in [2.05, 4.69) is 15.0 Å². The largest absolute Gasteiger partial charge is 0.461 e. The maximum Gasteiger partial charge on any atom is 0.416 e. The third-order valence-corrected chi connectivity index (χ3v) is 6.94. The number of esters is 1. The van der Waals surface area contributed by atoms with Gasteiger partial charge in [-0.1, -0.05) is 0 Å². The van der Waals surface area contributed by atoms with Crippen LogP contribution in [0, 0.1) is 0 Å². The highest BCUT2D eigenvalue weighted by atomic mass is 32.1. The van der Waals surface area contributed by atoms with Gasteiger partial charge in [0, 0.05) is 43.4 Å². The van der Waals surface area contributed by atoms with Crippen LogP contribution >= 0.6 is 11.3 Å². The van der Waals surface area contributed by atoms with E-state index in [9.17, 15) is 18.4 Å². The molecule has 2 aromatic heterocycles. The van der Waals surface area contributed by atoms with Gasteiger partial charge in [-0.25, -0.2) is 33.3 Å². The maximum atomic E-state index is 14.0. The van der Waals surface area contributed by atoms with Crippen LogP contribution in [-0.4, -0.2) is 77.5 Å². The molecule has 0 radical (unpaired) electrons. The third kappa shape index (κ3) is 6.93. The van der Waals surface area contributed by atoms with E-state index in [0.717, 1.165) is 0 Å². The fourth-order valence-corrected chi connectivity index (χ4v) is 5.01. The molecule has 2 fully saturated rings. The third-order valence-electron chi connectivity index (χ3n) is 6.10. The summed E-state index contributed by atoms with van der Waals surface area (Å²) in [5.74, 6) is -2.35. The first-order chi connectivity index (χ1) is 18.0. The number of halogens is 2. The number of ether oxygens (including phenoxy) is 3. The summed E-state index contributed by atoms with van der Waals surface area (Å²) in [4.78, 5) is 42.7. The molecule has 4 rings (SSSR count). The summed E-state index contributed by atoms with van der Waals surface area (Å²) >= 11 is 1.17. The zero-order valence-corrected chi connectivity index (χ0v) is 22.9. The quantitative estimate of drug-likeness (QED) is 0.460. The highest BCUT2D eigenvalue weighted by molar-refractivity contribution is 7.13. The Balaban J connectivity index is 1.77. The maximum absolute atomic E-state index is 14.0. The predicted molar refractivity (Wildman–Crippen MR) is 138 cm³/mol. The molecule has 2 aromatic rings. The highest BCUT2D eigenvalue weighted by Crippen LogP contribution is 2.38. The number of carbonyl (C=O) groups is 2. The summed E-state index contributed by atoms with van der Waals surface area (Å²) in [6.45, 7) is 9.31. The molecule has 13 heteroatoms. The van der Waals surface area contributed by atoms with E-state index in [1.54, 1.807) is 39.1 Å². The van der Waals surface area contributed by atoms with E-state index in [4.69, 9.17) is 14.2 Å². The van der Waals surface area contributed by atoms with Crippen LogP contribution < -0.4 is 9.80 Å². The standard InChI is InChI=1S/C25H33F2N5O5S/c1-5-36-22(33)17-15-38-21(28-17)20-29-18(31-10-12-35-13-11-31)14-19(30-20)32(23(34)37-24(2,3)4)16-6-8-25(26,27)9-7-16/h14-16H,5-13H2,1-4H3. The Morgan fingerprint density at radius 3 is 2.50 bits per heavy atom. The molecule has 1 aliphatic heterocycles. The smallest absolute Gasteiger partial charge is 0.416 e. The summed E-state index contributed by atoms with van der Waals surface area (Å²) in [6, 6.07) is 1.14. The summed E-state index contributed by atoms with van der Waals surface area (Å²) < 4.78 is 44.2. The van der Waals surface area contributed by atoms with Gasteiger partial charge in [0.2, 0.25) is 5.92 Å². The van der Waals surface area contributed by atoms with Crippen LogP contribution in [0.5, 0.6) is 0 Å². The Morgan fingerprint density at radius 2 is 1.87 bits per heavy atom. The lowest BCUT2D eigenvalue weighted by Crippen LogP contribution is -2.47. The minimum absolute atomic E-state index is 0.0999. The van der Waals surface area contributed by atoms with Crippen LogP contribution in [0.1, 0.15) is 63.9 Å². The van der Waals surface area contributed by atoms with Gasteiger partial charge in [0.15, 0.2) is 16.5 Å². The predicted octanol–water partition coefficient (Wildman–Crippen LogP) is 4.93. The second-order valence-corrected chi connectivity index (χ2v) is 11.1. The zero-order chi connectivity index (χ0) is 27.5. The number of nitrogens with zero attached hydrogens (tertiary/aromatic N) is 5. The lowest BCUT2D eigenvalue weighted by molar-refractivity contribution is -0.0388. The van der Waals surface area contributed by atoms with E-state index in [0.29, 0.717) is 37.1 Å². The van der Waals surface area contributed by atoms with Crippen molar-refractivity contribution in [3.8, 4) is 10.8 Å². The molecule has 1 aliphatic carbocycles. The molecular weight excluding hydrogens is 520 g/mol. The minimum Gasteiger partial charge on any atom is -0.461 e. The van der Waals surface area contributed by atoms with Crippen LogP contribution in [0.3, 0.4) is 0 Å². The number of rotatable bonds is 6. The van der Waals surface area contributed by atoms with Crippen LogP contribution in [0.2, 0.25) is 0 Å². The van der Waals surface area contributed by atoms with Crippen molar-refractivity contribution in [1.29, 1.82) is 0 Å². The van der Waals surface area contributed by atoms with Crippen molar-refractivity contribution in [2.75, 3.05) is 42.7 Å². The van der Waals surface area contributed by atoms with E-state index in [1.807, 2.05) is 4.90 Å². The number of alkyl halides is 2. The molecule has 0 bridgehead atoms. The van der Waals surface area contributed by atoms with Crippen LogP contribution in [0.25, 0.3) is 10.8 Å². The number of hydrogen-bond acceptors (Lipinski definition) is 10. The molecule has 2 aliphatic rings. The van der Waals surface area contributed by atoms with E-state index >= 15 is 0 Å². The highest BCUT2D eigenvalue weighted by Gasteiger charge is 2.40. The van der Waals surface area contributed by atoms with Gasteiger partial charge in [0.1, 0.15) is 17.2 Å². The molecule has 208 valence electrons. The van der Waals surface area contributed by atoms with E-state index in [-0.39, 0.29) is 49.6 Å². The SMILES string of the molecule is CCOC(=O)c1csc(-c2nc(N3CCOCC3)cc(N(C(=O)OC(C)(C)C)C3CCC(F)(F)CC3)n2)n1. The Kier molecular flexibility index (Phi) is 8.46. The van der Waals surface area contributed by atoms with Crippen molar-refractivity contribution >= 4 is 35.0 Å². The first kappa shape index (κ1) is 28.1. The van der Waals surface area contributed by atoms with Crippen molar-refractivity contribution in [2.24, 2.45) is 0 Å². The molecule has 0 N–H and O–H groups in total. The van der Waals surface area contributed by atoms with Gasteiger partial charge in [-0.2, -0.15) is 0 Å². The molecule has 0 atom stereocenters. The molecule has 0 unspecified atom stereocenters. The molecule has 0 spiro atoms. The second-order valence-electron chi connectivity index (χ2n) is 10.2. The fraction of sp³-hybridized carbons (Fsp3) is 0.640. The molecular formula is C25H33F2N5O5S. The monoisotopic (exact) mass is 553 g/mol. The topological polar surface area (TPSA) is 107 Å². The van der Waals surface area contributed by atoms with Crippen LogP contribution in [0.15, 0.2) is 11.4 Å². The number of aromatic nitrogens is 3. The first-order valence-electron chi connectivity index (χ1n) is 12.7. The number of carbonyl (C=O) groups excluding carboxylic acids is 2. The number of anilines is 2. The Morgan fingerprint density at radius 1 is 1.18 bits per heavy atom. The van der Waals surface area contributed by atoms with E-state index in [1.165, 1.54) is 16.2 Å². The number of thiazole rings is 1. The first-order valence-corrected chi connectivity index (χ1v) is 13.6. The zero-order valence-electron chi connectivity index (χ0n) is 22.0. The summed E-state index contributed by atoms with van der Waals surface area (Å²) in [7, 11) is 0. The lowest BCUT2D eigenvalue weighted by atomic mass is 9.91. The molecule has 1 saturated heterocycles. The Labute approximate surface area is 224 Å². The van der Waals surface area contributed by atoms with Gasteiger partial charge in [-0.05, 0) is 40.5 Å². The summed E-state index contributed by atoms with van der Waals surface area (Å²) in [5, 5.41) is 1.93. The lowest BCUT2D eigenvalue weighted by Gasteiger charge is -2.37. The Hall–Kier alpha value is -2.93. The molecule has 1 saturated carbocycles. The number of morpholine rings is 1. The average Bonchev–Trinajstić information content (AvgIpc) is 3.35. The van der Waals surface area contributed by atoms with Crippen LogP contribution in [-0.2, 0) is 14.2 Å². The minimum atomic E-state index is -2.77. The summed E-state index contributed by atoms with van der Waals surface area (Å²) in [6.07, 6.45) is -1.14. The van der Waals surface area contributed by atoms with E-state index < -0.39 is 29.6 Å². The van der Waals surface area contributed by atoms with Crippen molar-refractivity contribution in [3.05, 3.63) is 17.1 Å². The van der Waals surface area contributed by atoms with Gasteiger partial charge < -0.3 is 19.1 Å². The van der Waals surface area contributed by atoms with Crippen molar-refractivity contribution in [1.82, 2.24) is 15.0 Å². The molecule has 3 heterocycles. The van der Waals surface area contributed by atoms with Gasteiger partial charge in [0.05, 0.1) is 19.8 Å². The van der Waals surface area contributed by atoms with Crippen LogP contribution in [0.4, 0.5) is 25.2 Å². The summed E-state index contributed by atoms with van der Waals surface area (Å²) in [5.41, 5.74) is -0.673. The second kappa shape index (κ2) is 11.4. The van der Waals surface area contributed by atoms with Gasteiger partial charge in [-0.15, -0.1) is 11.3 Å². The Bertz CT molecular complexity index is 1140. The number of hydrogen-bond donors (Lipinski definition) is 0. The normalized spacial score (nSPS) is 18.2. The van der Waals surface area contributed by atoms with Gasteiger partial charge >= 0.3 is 12.1 Å². The molecule has 10 nitrogen and oxygen atoms in total. The molecule has 38 heavy (non-hydrogen) atoms. The fourth-order valence-electron chi connectivity index (χ4n) is 4.29. The molecule has 0 aromatic carbocycles. The van der Waals surface area contributed by atoms with Gasteiger partial charge in [-0.3, -0.25) is 4.90 Å². The van der Waals surface area contributed by atoms with Gasteiger partial charge in [0.25, 0.3) is 0 Å². The average molecular weight is 554 g/mol. The number of amides is 1. The van der Waals surface area contributed by atoms with Crippen molar-refractivity contribution in [3.63, 3.8) is 0 Å². The van der Waals surface area contributed by atoms with Crippen molar-refractivity contribution in [2.45, 2.75) is 70.9 Å².